The summed E-state index contributed by atoms with van der Waals surface area (Å²) in [6.07, 6.45) is 11.4. The van der Waals surface area contributed by atoms with Crippen LogP contribution in [0, 0.1) is 0 Å². The number of carbonyl (C=O) groups excluding carboxylic acids is 2. The lowest BCUT2D eigenvalue weighted by Crippen LogP contribution is -2.64. The zero-order chi connectivity index (χ0) is 73.8. The first kappa shape index (κ1) is 76.2. The number of fused-ring (bicyclic) bond motifs is 9. The van der Waals surface area contributed by atoms with Crippen molar-refractivity contribution in [2.45, 2.75) is 172 Å². The number of nitrogens with zero attached hydrogens (tertiary/aromatic N) is 14. The van der Waals surface area contributed by atoms with Crippen LogP contribution < -0.4 is 45.3 Å². The van der Waals surface area contributed by atoms with Gasteiger partial charge in [-0.15, -0.1) is 0 Å². The summed E-state index contributed by atoms with van der Waals surface area (Å²) in [7, 11) is -10.5. The van der Waals surface area contributed by atoms with E-state index >= 15 is 0 Å². The number of morpholine rings is 3. The number of halogens is 1. The van der Waals surface area contributed by atoms with Crippen molar-refractivity contribution in [3.05, 3.63) is 59.5 Å². The Hall–Kier alpha value is -7.97. The third-order valence-electron chi connectivity index (χ3n) is 17.3. The number of nitrogens with one attached hydrogen (secondary N) is 3. The van der Waals surface area contributed by atoms with Crippen LogP contribution in [-0.2, 0) is 67.4 Å². The number of anilines is 8. The summed E-state index contributed by atoms with van der Waals surface area (Å²) in [6.45, 7) is 32.7. The van der Waals surface area contributed by atoms with Crippen LogP contribution >= 0.6 is 11.6 Å². The summed E-state index contributed by atoms with van der Waals surface area (Å²) in [6, 6.07) is 0.190. The van der Waals surface area contributed by atoms with E-state index in [1.54, 1.807) is 95.5 Å². The highest BCUT2D eigenvalue weighted by Crippen LogP contribution is 2.49. The lowest BCUT2D eigenvalue weighted by atomic mass is 9.95. The van der Waals surface area contributed by atoms with E-state index in [1.165, 1.54) is 43.6 Å². The molecule has 12 rings (SSSR count). The number of aromatic nitrogens is 12. The Bertz CT molecular complexity index is 4350. The second-order valence-corrected chi connectivity index (χ2v) is 37.1. The Labute approximate surface area is 587 Å². The zero-order valence-corrected chi connectivity index (χ0v) is 62.9. The van der Waals surface area contributed by atoms with Gasteiger partial charge in [0.15, 0.2) is 64.2 Å². The van der Waals surface area contributed by atoms with E-state index in [0.717, 1.165) is 9.36 Å². The smallest absolute Gasteiger partial charge is 0.435 e. The molecule has 12 heterocycles. The van der Waals surface area contributed by atoms with Crippen molar-refractivity contribution in [1.82, 2.24) is 59.7 Å². The number of nitrogen functional groups attached to an aromatic ring is 1. The molecular weight excluding hydrogens is 1380 g/mol. The fraction of sp³-hybridized carbons (Fsp3) is 0.629. The minimum atomic E-state index is -3.58. The number of rotatable bonds is 10. The third kappa shape index (κ3) is 16.3. The van der Waals surface area contributed by atoms with Crippen molar-refractivity contribution in [1.29, 1.82) is 0 Å². The van der Waals surface area contributed by atoms with E-state index < -0.39 is 72.7 Å². The molecule has 5 N–H and O–H groups in total. The minimum Gasteiger partial charge on any atom is -0.486 e. The van der Waals surface area contributed by atoms with Gasteiger partial charge in [-0.25, -0.2) is 49.8 Å². The Morgan fingerprint density at radius 1 is 0.560 bits per heavy atom. The number of aromatic amines is 1. The number of H-pyrrole nitrogens is 1. The van der Waals surface area contributed by atoms with Gasteiger partial charge in [-0.1, -0.05) is 0 Å². The van der Waals surface area contributed by atoms with E-state index in [4.69, 9.17) is 60.2 Å². The number of carbonyl (C=O) groups is 2. The normalized spacial score (nSPS) is 21.4. The summed E-state index contributed by atoms with van der Waals surface area (Å²) in [5, 5.41) is 20.6. The minimum absolute atomic E-state index is 0.0124. The zero-order valence-electron chi connectivity index (χ0n) is 59.7. The van der Waals surface area contributed by atoms with Crippen LogP contribution in [0.1, 0.15) is 128 Å². The average Bonchev–Trinajstić information content (AvgIpc) is 0.806. The van der Waals surface area contributed by atoms with E-state index in [1.807, 2.05) is 27.7 Å². The van der Waals surface area contributed by atoms with Crippen LogP contribution in [0.3, 0.4) is 0 Å². The van der Waals surface area contributed by atoms with Crippen LogP contribution in [0.4, 0.5) is 56.0 Å². The second kappa shape index (κ2) is 28.1. The molecular formula is C62H91ClN18O16S3. The van der Waals surface area contributed by atoms with Gasteiger partial charge in [0.1, 0.15) is 62.3 Å². The summed E-state index contributed by atoms with van der Waals surface area (Å²) < 4.78 is 119. The highest BCUT2D eigenvalue weighted by atomic mass is 35.5. The van der Waals surface area contributed by atoms with Crippen molar-refractivity contribution in [3.8, 4) is 17.2 Å². The Kier molecular flexibility index (Phi) is 21.4. The lowest BCUT2D eigenvalue weighted by Gasteiger charge is -2.51. The van der Waals surface area contributed by atoms with Gasteiger partial charge in [0, 0.05) is 25.0 Å². The summed E-state index contributed by atoms with van der Waals surface area (Å²) >= 11 is 6.09. The van der Waals surface area contributed by atoms with Crippen LogP contribution in [0.15, 0.2) is 37.2 Å². The topological polar surface area (TPSA) is 412 Å². The van der Waals surface area contributed by atoms with E-state index in [9.17, 15) is 34.8 Å². The maximum atomic E-state index is 12.8. The van der Waals surface area contributed by atoms with Crippen LogP contribution in [0.2, 0.25) is 5.28 Å². The second-order valence-electron chi connectivity index (χ2n) is 29.1. The van der Waals surface area contributed by atoms with Crippen molar-refractivity contribution >= 4 is 99.7 Å². The van der Waals surface area contributed by atoms with Gasteiger partial charge in [0.25, 0.3) is 0 Å². The van der Waals surface area contributed by atoms with E-state index in [-0.39, 0.29) is 53.1 Å². The first-order valence-electron chi connectivity index (χ1n) is 32.0. The van der Waals surface area contributed by atoms with E-state index in [0.29, 0.717) is 123 Å². The fourth-order valence-corrected chi connectivity index (χ4v) is 12.9. The van der Waals surface area contributed by atoms with Crippen LogP contribution in [-0.4, -0.2) is 222 Å². The molecule has 3 saturated heterocycles. The van der Waals surface area contributed by atoms with Crippen molar-refractivity contribution in [2.24, 2.45) is 0 Å². The largest absolute Gasteiger partial charge is 0.486 e. The molecule has 6 aromatic rings. The quantitative estimate of drug-likeness (QED) is 0.103. The molecule has 0 aliphatic carbocycles. The first-order valence-corrected chi connectivity index (χ1v) is 38.1. The maximum Gasteiger partial charge on any atom is 0.435 e. The Morgan fingerprint density at radius 3 is 1.46 bits per heavy atom. The van der Waals surface area contributed by atoms with E-state index in [2.05, 4.69) is 70.6 Å². The molecule has 6 atom stereocenters. The number of hydrogen-bond donors (Lipinski definition) is 4. The van der Waals surface area contributed by atoms with Gasteiger partial charge in [-0.2, -0.15) is 39.6 Å². The predicted molar refractivity (Wildman–Crippen MR) is 373 cm³/mol. The Balaban J connectivity index is 0.000000164. The van der Waals surface area contributed by atoms with Gasteiger partial charge in [0.05, 0.1) is 123 Å². The molecule has 550 valence electrons. The summed E-state index contributed by atoms with van der Waals surface area (Å²) in [5.74, 6) is 3.21. The van der Waals surface area contributed by atoms with Gasteiger partial charge in [-0.3, -0.25) is 5.10 Å². The number of hydrogen-bond acceptors (Lipinski definition) is 31. The molecule has 38 heteroatoms. The standard InChI is InChI=1S/C23H34N6O6S.C17H24N6O4S.C14H20ClN3O4S.C8H13N3O2/c1-14-11-33-12-23(7)13-34-16-17(22(5,6)36(8,31)32)26-19(27-18(16)29(14)23)25-15-9-24-28(10-15)20(30)35-21(2,3)4;1-10-7-26-8-12-9-27-13-14(17(2,3)28(4,24)25)21-16(22-15(13)23(10)12)20-11-5-18-19-6-11;1-8-5-21-6-9-7-22-10-11(14(2,3)23(4,19)20)16-13(15)17-12(10)18(8)9;1-8(2,3)13-7(12)11-5-6(9)4-10-11/h9-10,14H,11-13H2,1-8H3,(H,25,26,27);5-6,10,12H,7-9H2,1-4H3,(H,18,19)(H,20,21,22);8-9H,5-7H2,1-4H3;4-5H,9H2,1-3H3/t14-,23+;10-,12+;8-,9+;/m111./s1. The maximum absolute atomic E-state index is 12.8. The fourth-order valence-electron chi connectivity index (χ4n) is 11.3. The van der Waals surface area contributed by atoms with Crippen molar-refractivity contribution < 1.29 is 72.7 Å². The summed E-state index contributed by atoms with van der Waals surface area (Å²) in [4.78, 5) is 57.0. The van der Waals surface area contributed by atoms with Crippen LogP contribution in [0.25, 0.3) is 0 Å². The molecule has 0 amide bonds. The molecule has 0 spiro atoms. The SMILES string of the molecule is CC(C)(C)OC(=O)n1cc(N)cn1.C[C@@H]1COC[C@@]2(C)COc3c(nc(Nc4cnn(C(=O)OC(C)(C)C)c4)nc3C(C)(C)S(C)(=O)=O)N12.C[C@@H]1COC[C@H]2COc3c(nc(Cl)nc3C(C)(C)S(C)(=O)=O)N21.C[C@@H]1COC[C@H]2COc3c(nc(Nc4cn[nH]c4)nc3C(C)(C)S(C)(=O)=O)N21. The van der Waals surface area contributed by atoms with Gasteiger partial charge in [-0.05, 0) is 122 Å². The molecule has 34 nitrogen and oxygen atoms in total. The van der Waals surface area contributed by atoms with Crippen molar-refractivity contribution in [3.63, 3.8) is 0 Å². The molecule has 0 bridgehead atoms. The third-order valence-corrected chi connectivity index (χ3v) is 23.6. The molecule has 0 unspecified atom stereocenters. The molecule has 6 aromatic heterocycles. The summed E-state index contributed by atoms with van der Waals surface area (Å²) in [5.41, 5.74) is 6.14. The number of ether oxygens (including phenoxy) is 8. The lowest BCUT2D eigenvalue weighted by molar-refractivity contribution is 0.00706. The molecule has 0 aromatic carbocycles. The van der Waals surface area contributed by atoms with Gasteiger partial charge < -0.3 is 69.0 Å². The predicted octanol–water partition coefficient (Wildman–Crippen LogP) is 6.71. The number of nitrogens with two attached hydrogens (primary N) is 1. The molecule has 0 saturated carbocycles. The molecule has 100 heavy (non-hydrogen) atoms. The molecule has 6 aliphatic heterocycles. The number of sulfone groups is 3. The highest BCUT2D eigenvalue weighted by molar-refractivity contribution is 7.92. The van der Waals surface area contributed by atoms with Crippen molar-refractivity contribution in [2.75, 3.05) is 109 Å². The average molecular weight is 1480 g/mol. The van der Waals surface area contributed by atoms with Crippen LogP contribution in [0.5, 0.6) is 17.2 Å². The molecule has 0 radical (unpaired) electrons. The highest BCUT2D eigenvalue weighted by Gasteiger charge is 2.50. The first-order chi connectivity index (χ1) is 46.2. The molecule has 3 fully saturated rings. The van der Waals surface area contributed by atoms with Gasteiger partial charge in [0.2, 0.25) is 17.2 Å². The van der Waals surface area contributed by atoms with Gasteiger partial charge >= 0.3 is 12.2 Å². The monoisotopic (exact) mass is 1470 g/mol. The Morgan fingerprint density at radius 2 is 1.00 bits per heavy atom. The molecule has 6 aliphatic rings.